The number of benzene rings is 1. The zero-order valence-electron chi connectivity index (χ0n) is 18.7. The van der Waals surface area contributed by atoms with Crippen LogP contribution >= 0.6 is 23.4 Å². The van der Waals surface area contributed by atoms with Crippen LogP contribution in [0.3, 0.4) is 0 Å². The molecule has 0 N–H and O–H groups in total. The average molecular weight is 451 g/mol. The highest BCUT2D eigenvalue weighted by molar-refractivity contribution is 8.02. The number of aliphatic imine (C=N–C) groups is 1. The van der Waals surface area contributed by atoms with E-state index < -0.39 is 0 Å². The van der Waals surface area contributed by atoms with Crippen molar-refractivity contribution in [2.24, 2.45) is 4.99 Å². The van der Waals surface area contributed by atoms with Crippen molar-refractivity contribution in [2.75, 3.05) is 39.5 Å². The van der Waals surface area contributed by atoms with Crippen molar-refractivity contribution >= 4 is 47.5 Å². The summed E-state index contributed by atoms with van der Waals surface area (Å²) in [6.45, 7) is 4.00. The first kappa shape index (κ1) is 27.8. The number of hydrogen-bond acceptors (Lipinski definition) is 7. The lowest BCUT2D eigenvalue weighted by Crippen LogP contribution is -2.12. The maximum atomic E-state index is 11.0. The van der Waals surface area contributed by atoms with Gasteiger partial charge >= 0.3 is 0 Å². The summed E-state index contributed by atoms with van der Waals surface area (Å²) in [5, 5.41) is 0.654. The number of anilines is 1. The van der Waals surface area contributed by atoms with Gasteiger partial charge in [-0.05, 0) is 18.4 Å². The molecule has 164 valence electrons. The summed E-state index contributed by atoms with van der Waals surface area (Å²) in [5.74, 6) is 0.636. The number of nitrogens with zero attached hydrogens (tertiary/aromatic N) is 4. The first-order valence-corrected chi connectivity index (χ1v) is 11.0. The van der Waals surface area contributed by atoms with Crippen LogP contribution in [0.1, 0.15) is 31.4 Å². The normalized spacial score (nSPS) is 10.9. The quantitative estimate of drug-likeness (QED) is 0.425. The van der Waals surface area contributed by atoms with Crippen LogP contribution in [0.5, 0.6) is 0 Å². The predicted molar refractivity (Wildman–Crippen MR) is 131 cm³/mol. The lowest BCUT2D eigenvalue weighted by molar-refractivity contribution is -0.107. The minimum Gasteiger partial charge on any atom is -0.388 e. The molecule has 0 radical (unpaired) electrons. The molecule has 0 aliphatic heterocycles. The van der Waals surface area contributed by atoms with Gasteiger partial charge in [0.1, 0.15) is 6.29 Å². The molecule has 0 saturated carbocycles. The number of rotatable bonds is 7. The highest BCUT2D eigenvalue weighted by atomic mass is 35.5. The Morgan fingerprint density at radius 3 is 2.13 bits per heavy atom. The molecule has 0 saturated heterocycles. The molecule has 0 atom stereocenters. The summed E-state index contributed by atoms with van der Waals surface area (Å²) >= 11 is 7.47. The Morgan fingerprint density at radius 2 is 1.70 bits per heavy atom. The second-order valence-electron chi connectivity index (χ2n) is 5.73. The van der Waals surface area contributed by atoms with E-state index in [2.05, 4.69) is 19.7 Å². The molecule has 0 unspecified atom stereocenters. The van der Waals surface area contributed by atoms with Gasteiger partial charge in [-0.3, -0.25) is 4.99 Å². The fourth-order valence-electron chi connectivity index (χ4n) is 2.04. The highest BCUT2D eigenvalue weighted by Crippen LogP contribution is 2.29. The molecule has 8 heteroatoms. The van der Waals surface area contributed by atoms with E-state index in [1.54, 1.807) is 45.0 Å². The first-order valence-electron chi connectivity index (χ1n) is 9.37. The van der Waals surface area contributed by atoms with Gasteiger partial charge in [0.05, 0.1) is 5.70 Å². The van der Waals surface area contributed by atoms with Crippen LogP contribution in [-0.4, -0.2) is 57.0 Å². The van der Waals surface area contributed by atoms with E-state index >= 15 is 0 Å². The fourth-order valence-corrected chi connectivity index (χ4v) is 2.76. The Balaban J connectivity index is 0.00000154. The number of aromatic nitrogens is 2. The van der Waals surface area contributed by atoms with E-state index in [0.29, 0.717) is 17.4 Å². The zero-order chi connectivity index (χ0) is 22.9. The first-order chi connectivity index (χ1) is 14.5. The molecular weight excluding hydrogens is 420 g/mol. The fraction of sp³-hybridized carbons (Fsp3) is 0.364. The minimum atomic E-state index is 0.312. The molecule has 0 bridgehead atoms. The van der Waals surface area contributed by atoms with E-state index in [0.717, 1.165) is 28.0 Å². The number of carbonyl (C=O) groups excluding carboxylic acids is 1. The molecular formula is C22H31ClN4O2S. The van der Waals surface area contributed by atoms with E-state index in [9.17, 15) is 4.79 Å². The lowest BCUT2D eigenvalue weighted by atomic mass is 10.1. The number of thioether (sulfide) groups is 1. The highest BCUT2D eigenvalue weighted by Gasteiger charge is 2.08. The predicted octanol–water partition coefficient (Wildman–Crippen LogP) is 5.22. The Hall–Kier alpha value is -2.22. The van der Waals surface area contributed by atoms with Gasteiger partial charge in [-0.25, -0.2) is 9.97 Å². The third-order valence-electron chi connectivity index (χ3n) is 3.30. The third-order valence-corrected chi connectivity index (χ3v) is 4.40. The van der Waals surface area contributed by atoms with Crippen molar-refractivity contribution in [3.63, 3.8) is 0 Å². The van der Waals surface area contributed by atoms with E-state index in [1.165, 1.54) is 11.8 Å². The van der Waals surface area contributed by atoms with Crippen LogP contribution in [0.4, 0.5) is 5.95 Å². The van der Waals surface area contributed by atoms with Crippen molar-refractivity contribution < 1.29 is 9.53 Å². The van der Waals surface area contributed by atoms with Gasteiger partial charge in [0.2, 0.25) is 5.95 Å². The summed E-state index contributed by atoms with van der Waals surface area (Å²) in [5.41, 5.74) is 2.43. The van der Waals surface area contributed by atoms with Crippen molar-refractivity contribution in [3.05, 3.63) is 57.7 Å². The summed E-state index contributed by atoms with van der Waals surface area (Å²) in [6, 6.07) is 7.39. The Kier molecular flexibility index (Phi) is 15.3. The van der Waals surface area contributed by atoms with E-state index in [-0.39, 0.29) is 0 Å². The van der Waals surface area contributed by atoms with E-state index in [4.69, 9.17) is 11.6 Å². The number of methoxy groups -OCH3 is 1. The molecule has 0 amide bonds. The third kappa shape index (κ3) is 10.0. The SMILES string of the molecule is CC.COC.CS/C(CC=O)=C(\N=Cc1cnc(N(C)C)nc1)c1ccc(Cl)cc1. The minimum absolute atomic E-state index is 0.312. The second kappa shape index (κ2) is 16.6. The molecule has 1 heterocycles. The summed E-state index contributed by atoms with van der Waals surface area (Å²) in [6.07, 6.45) is 8.25. The number of aldehydes is 1. The molecule has 0 fully saturated rings. The topological polar surface area (TPSA) is 67.7 Å². The van der Waals surface area contributed by atoms with Gasteiger partial charge in [-0.15, -0.1) is 11.8 Å². The van der Waals surface area contributed by atoms with Gasteiger partial charge in [0.15, 0.2) is 0 Å². The van der Waals surface area contributed by atoms with Crippen LogP contribution in [0, 0.1) is 0 Å². The number of allylic oxidation sites excluding steroid dienone is 1. The average Bonchev–Trinajstić information content (AvgIpc) is 2.76. The standard InChI is InChI=1S/C18H19ClN4OS.C2H6O.C2H6/c1-23(2)18-21-11-13(12-22-18)10-20-17(16(25-3)8-9-24)14-4-6-15(19)7-5-14;1-3-2;1-2/h4-7,9-12H,8H2,1-3H3;1-2H3;1-2H3/b17-16-,20-10?;;. The molecule has 2 rings (SSSR count). The summed E-state index contributed by atoms with van der Waals surface area (Å²) < 4.78 is 4.25. The number of ether oxygens (including phenoxy) is 1. The summed E-state index contributed by atoms with van der Waals surface area (Å²) in [7, 11) is 7.02. The molecule has 30 heavy (non-hydrogen) atoms. The summed E-state index contributed by atoms with van der Waals surface area (Å²) in [4.78, 5) is 26.8. The van der Waals surface area contributed by atoms with Gasteiger partial charge in [0, 0.05) is 74.4 Å². The zero-order valence-corrected chi connectivity index (χ0v) is 20.3. The van der Waals surface area contributed by atoms with Crippen LogP contribution in [0.2, 0.25) is 5.02 Å². The lowest BCUT2D eigenvalue weighted by Gasteiger charge is -2.09. The van der Waals surface area contributed by atoms with Crippen molar-refractivity contribution in [2.45, 2.75) is 20.3 Å². The monoisotopic (exact) mass is 450 g/mol. The molecule has 0 aliphatic carbocycles. The van der Waals surface area contributed by atoms with Crippen LogP contribution in [0.15, 0.2) is 46.6 Å². The van der Waals surface area contributed by atoms with Gasteiger partial charge < -0.3 is 14.4 Å². The second-order valence-corrected chi connectivity index (χ2v) is 7.07. The van der Waals surface area contributed by atoms with Crippen LogP contribution in [-0.2, 0) is 9.53 Å². The van der Waals surface area contributed by atoms with Gasteiger partial charge in [0.25, 0.3) is 0 Å². The Morgan fingerprint density at radius 1 is 1.17 bits per heavy atom. The molecule has 1 aromatic carbocycles. The van der Waals surface area contributed by atoms with Gasteiger partial charge in [-0.2, -0.15) is 0 Å². The molecule has 2 aromatic rings. The number of halogens is 1. The van der Waals surface area contributed by atoms with Crippen LogP contribution < -0.4 is 4.90 Å². The van der Waals surface area contributed by atoms with Gasteiger partial charge in [-0.1, -0.05) is 37.6 Å². The number of hydrogen-bond donors (Lipinski definition) is 0. The van der Waals surface area contributed by atoms with Crippen molar-refractivity contribution in [1.82, 2.24) is 9.97 Å². The largest absolute Gasteiger partial charge is 0.388 e. The molecule has 0 spiro atoms. The maximum absolute atomic E-state index is 11.0. The molecule has 0 aliphatic rings. The maximum Gasteiger partial charge on any atom is 0.224 e. The Labute approximate surface area is 189 Å². The number of carbonyl (C=O) groups is 1. The molecule has 1 aromatic heterocycles. The molecule has 6 nitrogen and oxygen atoms in total. The van der Waals surface area contributed by atoms with E-state index in [1.807, 2.05) is 51.2 Å². The van der Waals surface area contributed by atoms with Crippen molar-refractivity contribution in [3.8, 4) is 0 Å². The van der Waals surface area contributed by atoms with Crippen LogP contribution in [0.25, 0.3) is 5.70 Å². The smallest absolute Gasteiger partial charge is 0.224 e. The Bertz CT molecular complexity index is 792. The van der Waals surface area contributed by atoms with Crippen molar-refractivity contribution in [1.29, 1.82) is 0 Å².